The lowest BCUT2D eigenvalue weighted by molar-refractivity contribution is 0.0751. The lowest BCUT2D eigenvalue weighted by atomic mass is 10.1. The first kappa shape index (κ1) is 12.0. The molecule has 1 aliphatic rings. The van der Waals surface area contributed by atoms with Crippen molar-refractivity contribution in [1.29, 1.82) is 0 Å². The zero-order chi connectivity index (χ0) is 13.4. The van der Waals surface area contributed by atoms with E-state index < -0.39 is 0 Å². The Morgan fingerprint density at radius 2 is 1.89 bits per heavy atom. The molecule has 0 radical (unpaired) electrons. The van der Waals surface area contributed by atoms with Crippen molar-refractivity contribution in [3.63, 3.8) is 0 Å². The molecular formula is C14H12ClN3O. The lowest BCUT2D eigenvalue weighted by Gasteiger charge is -2.16. The summed E-state index contributed by atoms with van der Waals surface area (Å²) in [6.07, 6.45) is 1.44. The fourth-order valence-corrected chi connectivity index (χ4v) is 2.45. The number of pyridine rings is 1. The zero-order valence-electron chi connectivity index (χ0n) is 10.1. The van der Waals surface area contributed by atoms with Crippen molar-refractivity contribution in [3.8, 4) is 0 Å². The van der Waals surface area contributed by atoms with Gasteiger partial charge in [0.25, 0.3) is 5.91 Å². The Morgan fingerprint density at radius 1 is 1.26 bits per heavy atom. The number of hydrogen-bond donors (Lipinski definition) is 1. The molecule has 0 bridgehead atoms. The first-order chi connectivity index (χ1) is 9.15. The van der Waals surface area contributed by atoms with Gasteiger partial charge in [-0.25, -0.2) is 4.98 Å². The van der Waals surface area contributed by atoms with Gasteiger partial charge >= 0.3 is 0 Å². The van der Waals surface area contributed by atoms with Crippen LogP contribution in [0.3, 0.4) is 0 Å². The highest BCUT2D eigenvalue weighted by Gasteiger charge is 2.25. The molecule has 3 rings (SSSR count). The topological polar surface area (TPSA) is 59.2 Å². The van der Waals surface area contributed by atoms with Gasteiger partial charge in [0.1, 0.15) is 5.15 Å². The van der Waals surface area contributed by atoms with Crippen molar-refractivity contribution in [2.24, 2.45) is 0 Å². The Labute approximate surface area is 115 Å². The van der Waals surface area contributed by atoms with Crippen molar-refractivity contribution in [2.45, 2.75) is 13.1 Å². The molecule has 4 nitrogen and oxygen atoms in total. The predicted molar refractivity (Wildman–Crippen MR) is 73.7 cm³/mol. The minimum absolute atomic E-state index is 0.138. The van der Waals surface area contributed by atoms with E-state index in [9.17, 15) is 4.79 Å². The maximum atomic E-state index is 12.4. The molecule has 1 amide bonds. The first-order valence-electron chi connectivity index (χ1n) is 5.92. The van der Waals surface area contributed by atoms with Crippen molar-refractivity contribution >= 4 is 23.2 Å². The van der Waals surface area contributed by atoms with Gasteiger partial charge in [0, 0.05) is 13.1 Å². The van der Waals surface area contributed by atoms with Crippen LogP contribution in [0.5, 0.6) is 0 Å². The van der Waals surface area contributed by atoms with Gasteiger partial charge in [-0.05, 0) is 17.2 Å². The predicted octanol–water partition coefficient (Wildman–Crippen LogP) is 2.47. The van der Waals surface area contributed by atoms with E-state index in [0.717, 1.165) is 0 Å². The molecule has 0 spiro atoms. The zero-order valence-corrected chi connectivity index (χ0v) is 10.9. The van der Waals surface area contributed by atoms with Gasteiger partial charge in [-0.15, -0.1) is 0 Å². The fourth-order valence-electron chi connectivity index (χ4n) is 2.26. The van der Waals surface area contributed by atoms with Crippen LogP contribution in [-0.4, -0.2) is 15.8 Å². The standard InChI is InChI=1S/C14H12ClN3O/c15-13-12(5-11(16)6-17-13)14(19)18-7-9-3-1-2-4-10(9)8-18/h1-6H,7-8,16H2. The Balaban J connectivity index is 1.89. The molecule has 0 saturated carbocycles. The normalized spacial score (nSPS) is 13.4. The average Bonchev–Trinajstić information content (AvgIpc) is 2.84. The molecule has 1 aromatic carbocycles. The Hall–Kier alpha value is -2.07. The summed E-state index contributed by atoms with van der Waals surface area (Å²) in [6.45, 7) is 1.19. The highest BCUT2D eigenvalue weighted by atomic mass is 35.5. The van der Waals surface area contributed by atoms with Gasteiger partial charge in [0.15, 0.2) is 0 Å². The number of amides is 1. The maximum absolute atomic E-state index is 12.4. The molecule has 0 aliphatic carbocycles. The van der Waals surface area contributed by atoms with Gasteiger partial charge in [0.05, 0.1) is 17.4 Å². The molecule has 19 heavy (non-hydrogen) atoms. The molecule has 2 N–H and O–H groups in total. The van der Waals surface area contributed by atoms with Crippen LogP contribution in [0, 0.1) is 0 Å². The van der Waals surface area contributed by atoms with E-state index in [1.807, 2.05) is 24.3 Å². The molecule has 96 valence electrons. The number of anilines is 1. The third kappa shape index (κ3) is 2.15. The second-order valence-corrected chi connectivity index (χ2v) is 4.89. The van der Waals surface area contributed by atoms with Crippen LogP contribution in [0.2, 0.25) is 5.15 Å². The SMILES string of the molecule is Nc1cnc(Cl)c(C(=O)N2Cc3ccccc3C2)c1. The highest BCUT2D eigenvalue weighted by molar-refractivity contribution is 6.32. The monoisotopic (exact) mass is 273 g/mol. The quantitative estimate of drug-likeness (QED) is 0.812. The number of nitrogens with zero attached hydrogens (tertiary/aromatic N) is 2. The molecular weight excluding hydrogens is 262 g/mol. The summed E-state index contributed by atoms with van der Waals surface area (Å²) >= 11 is 5.97. The maximum Gasteiger partial charge on any atom is 0.257 e. The Bertz CT molecular complexity index is 632. The van der Waals surface area contributed by atoms with Crippen LogP contribution in [-0.2, 0) is 13.1 Å². The smallest absolute Gasteiger partial charge is 0.257 e. The van der Waals surface area contributed by atoms with Gasteiger partial charge in [-0.1, -0.05) is 35.9 Å². The average molecular weight is 274 g/mol. The number of fused-ring (bicyclic) bond motifs is 1. The molecule has 2 heterocycles. The second-order valence-electron chi connectivity index (χ2n) is 4.54. The number of carbonyl (C=O) groups is 1. The van der Waals surface area contributed by atoms with Crippen molar-refractivity contribution in [1.82, 2.24) is 9.88 Å². The molecule has 0 fully saturated rings. The summed E-state index contributed by atoms with van der Waals surface area (Å²) in [5.41, 5.74) is 8.79. The van der Waals surface area contributed by atoms with Gasteiger partial charge in [-0.2, -0.15) is 0 Å². The minimum atomic E-state index is -0.138. The third-order valence-corrected chi connectivity index (χ3v) is 3.52. The van der Waals surface area contributed by atoms with Crippen LogP contribution >= 0.6 is 11.6 Å². The number of carbonyl (C=O) groups excluding carboxylic acids is 1. The summed E-state index contributed by atoms with van der Waals surface area (Å²) in [5, 5.41) is 0.190. The van der Waals surface area contributed by atoms with Gasteiger partial charge in [0.2, 0.25) is 0 Å². The Morgan fingerprint density at radius 3 is 2.53 bits per heavy atom. The number of aromatic nitrogens is 1. The van der Waals surface area contributed by atoms with E-state index in [0.29, 0.717) is 24.3 Å². The van der Waals surface area contributed by atoms with E-state index in [4.69, 9.17) is 17.3 Å². The summed E-state index contributed by atoms with van der Waals surface area (Å²) < 4.78 is 0. The van der Waals surface area contributed by atoms with E-state index in [-0.39, 0.29) is 11.1 Å². The largest absolute Gasteiger partial charge is 0.397 e. The third-order valence-electron chi connectivity index (χ3n) is 3.22. The number of nitrogen functional groups attached to an aromatic ring is 1. The van der Waals surface area contributed by atoms with Gasteiger partial charge in [-0.3, -0.25) is 4.79 Å². The van der Waals surface area contributed by atoms with Crippen LogP contribution in [0.25, 0.3) is 0 Å². The molecule has 2 aromatic rings. The van der Waals surface area contributed by atoms with Crippen LogP contribution in [0.1, 0.15) is 21.5 Å². The van der Waals surface area contributed by atoms with E-state index in [1.54, 1.807) is 11.0 Å². The summed E-state index contributed by atoms with van der Waals surface area (Å²) in [6, 6.07) is 9.58. The number of halogens is 1. The summed E-state index contributed by atoms with van der Waals surface area (Å²) in [5.74, 6) is -0.138. The molecule has 0 saturated heterocycles. The van der Waals surface area contributed by atoms with Gasteiger partial charge < -0.3 is 10.6 Å². The van der Waals surface area contributed by atoms with E-state index >= 15 is 0 Å². The first-order valence-corrected chi connectivity index (χ1v) is 6.30. The number of hydrogen-bond acceptors (Lipinski definition) is 3. The minimum Gasteiger partial charge on any atom is -0.397 e. The summed E-state index contributed by atoms with van der Waals surface area (Å²) in [4.78, 5) is 18.1. The van der Waals surface area contributed by atoms with Crippen molar-refractivity contribution in [2.75, 3.05) is 5.73 Å². The van der Waals surface area contributed by atoms with Crippen molar-refractivity contribution < 1.29 is 4.79 Å². The molecule has 5 heteroatoms. The van der Waals surface area contributed by atoms with Crippen LogP contribution < -0.4 is 5.73 Å². The number of rotatable bonds is 1. The van der Waals surface area contributed by atoms with E-state index in [2.05, 4.69) is 4.98 Å². The fraction of sp³-hybridized carbons (Fsp3) is 0.143. The molecule has 1 aliphatic heterocycles. The highest BCUT2D eigenvalue weighted by Crippen LogP contribution is 2.26. The summed E-state index contributed by atoms with van der Waals surface area (Å²) in [7, 11) is 0. The lowest BCUT2D eigenvalue weighted by Crippen LogP contribution is -2.25. The van der Waals surface area contributed by atoms with E-state index in [1.165, 1.54) is 17.3 Å². The second kappa shape index (κ2) is 4.55. The molecule has 0 atom stereocenters. The van der Waals surface area contributed by atoms with Crippen LogP contribution in [0.15, 0.2) is 36.5 Å². The molecule has 0 unspecified atom stereocenters. The molecule has 1 aromatic heterocycles. The number of nitrogens with two attached hydrogens (primary N) is 1. The number of benzene rings is 1. The van der Waals surface area contributed by atoms with Crippen LogP contribution in [0.4, 0.5) is 5.69 Å². The Kier molecular flexibility index (Phi) is 2.87. The van der Waals surface area contributed by atoms with Crippen molar-refractivity contribution in [3.05, 3.63) is 58.4 Å².